The number of benzene rings is 2. The van der Waals surface area contributed by atoms with Gasteiger partial charge in [-0.1, -0.05) is 30.3 Å². The summed E-state index contributed by atoms with van der Waals surface area (Å²) in [7, 11) is 0. The fourth-order valence-electron chi connectivity index (χ4n) is 4.00. The van der Waals surface area contributed by atoms with Gasteiger partial charge in [-0.3, -0.25) is 4.90 Å². The molecule has 28 heavy (non-hydrogen) atoms. The molecular formula is C23H24N4S. The first kappa shape index (κ1) is 17.6. The molecule has 4 nitrogen and oxygen atoms in total. The molecule has 2 aromatic heterocycles. The molecule has 1 unspecified atom stereocenters. The van der Waals surface area contributed by atoms with Crippen LogP contribution in [0.4, 0.5) is 0 Å². The molecule has 1 aliphatic rings. The highest BCUT2D eigenvalue weighted by Crippen LogP contribution is 2.34. The van der Waals surface area contributed by atoms with E-state index in [0.29, 0.717) is 6.04 Å². The van der Waals surface area contributed by atoms with Crippen molar-refractivity contribution in [3.63, 3.8) is 0 Å². The minimum absolute atomic E-state index is 0.329. The molecule has 0 radical (unpaired) electrons. The minimum atomic E-state index is 0.329. The van der Waals surface area contributed by atoms with E-state index in [1.165, 1.54) is 26.4 Å². The predicted molar refractivity (Wildman–Crippen MR) is 117 cm³/mol. The fourth-order valence-corrected chi connectivity index (χ4v) is 4.95. The summed E-state index contributed by atoms with van der Waals surface area (Å²) in [6.45, 7) is 5.17. The largest absolute Gasteiger partial charge is 0.337 e. The van der Waals surface area contributed by atoms with Crippen LogP contribution in [0.5, 0.6) is 0 Å². The number of thiophene rings is 1. The lowest BCUT2D eigenvalue weighted by Gasteiger charge is -2.15. The molecule has 3 N–H and O–H groups in total. The van der Waals surface area contributed by atoms with Crippen molar-refractivity contribution in [2.75, 3.05) is 13.1 Å². The minimum Gasteiger partial charge on any atom is -0.337 e. The number of likely N-dealkylation sites (tertiary alicyclic amines) is 1. The van der Waals surface area contributed by atoms with Crippen LogP contribution in [0.25, 0.3) is 32.2 Å². The lowest BCUT2D eigenvalue weighted by molar-refractivity contribution is 0.327. The highest BCUT2D eigenvalue weighted by Gasteiger charge is 2.19. The summed E-state index contributed by atoms with van der Waals surface area (Å²) in [5.41, 5.74) is 12.0. The Morgan fingerprint density at radius 2 is 2.00 bits per heavy atom. The number of rotatable bonds is 4. The number of aromatic amines is 1. The Morgan fingerprint density at radius 3 is 2.82 bits per heavy atom. The van der Waals surface area contributed by atoms with Crippen molar-refractivity contribution in [3.05, 3.63) is 65.7 Å². The number of para-hydroxylation sites is 1. The average Bonchev–Trinajstić information content (AvgIpc) is 3.41. The number of nitrogens with one attached hydrogen (secondary N) is 1. The SMILES string of the molecule is Cc1cccc2[nH]c(-c3ccc(-c4cccc(CN5CCC(N)C5)c4)s3)nc12. The molecule has 2 aromatic carbocycles. The number of imidazole rings is 1. The Kier molecular flexibility index (Phi) is 4.51. The van der Waals surface area contributed by atoms with Gasteiger partial charge in [-0.05, 0) is 54.3 Å². The zero-order valence-corrected chi connectivity index (χ0v) is 16.8. The molecule has 5 rings (SSSR count). The molecular weight excluding hydrogens is 364 g/mol. The summed E-state index contributed by atoms with van der Waals surface area (Å²) >= 11 is 1.78. The number of H-pyrrole nitrogens is 1. The van der Waals surface area contributed by atoms with Gasteiger partial charge in [0.05, 0.1) is 15.9 Å². The smallest absolute Gasteiger partial charge is 0.148 e. The Bertz CT molecular complexity index is 1130. The third-order valence-electron chi connectivity index (χ3n) is 5.48. The van der Waals surface area contributed by atoms with E-state index in [9.17, 15) is 0 Å². The summed E-state index contributed by atoms with van der Waals surface area (Å²) in [5.74, 6) is 0.947. The second-order valence-corrected chi connectivity index (χ2v) is 8.79. The summed E-state index contributed by atoms with van der Waals surface area (Å²) < 4.78 is 0. The van der Waals surface area contributed by atoms with E-state index < -0.39 is 0 Å². The highest BCUT2D eigenvalue weighted by molar-refractivity contribution is 7.18. The van der Waals surface area contributed by atoms with Gasteiger partial charge in [0, 0.05) is 30.6 Å². The molecule has 1 saturated heterocycles. The van der Waals surface area contributed by atoms with Gasteiger partial charge in [0.25, 0.3) is 0 Å². The standard InChI is InChI=1S/C23H24N4S/c1-15-4-2-7-19-22(15)26-23(25-19)21-9-8-20(28-21)17-6-3-5-16(12-17)13-27-11-10-18(24)14-27/h2-9,12,18H,10-11,13-14,24H2,1H3,(H,25,26). The van der Waals surface area contributed by atoms with Crippen molar-refractivity contribution in [1.82, 2.24) is 14.9 Å². The van der Waals surface area contributed by atoms with Crippen molar-refractivity contribution >= 4 is 22.4 Å². The Hall–Kier alpha value is -2.47. The lowest BCUT2D eigenvalue weighted by atomic mass is 10.1. The van der Waals surface area contributed by atoms with Crippen LogP contribution in [-0.4, -0.2) is 34.0 Å². The van der Waals surface area contributed by atoms with Gasteiger partial charge in [0.15, 0.2) is 0 Å². The molecule has 0 spiro atoms. The number of nitrogens with zero attached hydrogens (tertiary/aromatic N) is 2. The van der Waals surface area contributed by atoms with E-state index in [1.807, 2.05) is 0 Å². The van der Waals surface area contributed by atoms with Crippen LogP contribution in [0.15, 0.2) is 54.6 Å². The maximum absolute atomic E-state index is 6.05. The van der Waals surface area contributed by atoms with E-state index >= 15 is 0 Å². The van der Waals surface area contributed by atoms with Crippen molar-refractivity contribution in [3.8, 4) is 21.1 Å². The van der Waals surface area contributed by atoms with E-state index in [1.54, 1.807) is 11.3 Å². The summed E-state index contributed by atoms with van der Waals surface area (Å²) in [6, 6.07) is 19.8. The molecule has 0 amide bonds. The molecule has 4 aromatic rings. The molecule has 0 saturated carbocycles. The maximum atomic E-state index is 6.05. The van der Waals surface area contributed by atoms with Crippen molar-refractivity contribution in [1.29, 1.82) is 0 Å². The van der Waals surface area contributed by atoms with E-state index in [4.69, 9.17) is 10.7 Å². The first-order valence-corrected chi connectivity index (χ1v) is 10.6. The molecule has 1 aliphatic heterocycles. The number of aryl methyl sites for hydroxylation is 1. The van der Waals surface area contributed by atoms with Crippen molar-refractivity contribution < 1.29 is 0 Å². The molecule has 5 heteroatoms. The van der Waals surface area contributed by atoms with Gasteiger partial charge in [-0.2, -0.15) is 0 Å². The van der Waals surface area contributed by atoms with E-state index in [2.05, 4.69) is 71.4 Å². The topological polar surface area (TPSA) is 57.9 Å². The Morgan fingerprint density at radius 1 is 1.14 bits per heavy atom. The second kappa shape index (κ2) is 7.17. The summed E-state index contributed by atoms with van der Waals surface area (Å²) in [4.78, 5) is 13.2. The number of nitrogens with two attached hydrogens (primary N) is 1. The van der Waals surface area contributed by atoms with Crippen molar-refractivity contribution in [2.45, 2.75) is 25.9 Å². The van der Waals surface area contributed by atoms with Crippen LogP contribution in [0, 0.1) is 6.92 Å². The zero-order chi connectivity index (χ0) is 19.1. The van der Waals surface area contributed by atoms with Crippen LogP contribution >= 0.6 is 11.3 Å². The summed E-state index contributed by atoms with van der Waals surface area (Å²) in [6.07, 6.45) is 1.10. The molecule has 0 bridgehead atoms. The first-order valence-electron chi connectivity index (χ1n) is 9.78. The maximum Gasteiger partial charge on any atom is 0.148 e. The molecule has 0 aliphatic carbocycles. The third kappa shape index (κ3) is 3.37. The molecule has 1 fully saturated rings. The quantitative estimate of drug-likeness (QED) is 0.528. The molecule has 1 atom stereocenters. The monoisotopic (exact) mass is 388 g/mol. The van der Waals surface area contributed by atoms with E-state index in [0.717, 1.165) is 42.9 Å². The van der Waals surface area contributed by atoms with Gasteiger partial charge in [0.2, 0.25) is 0 Å². The van der Waals surface area contributed by atoms with Gasteiger partial charge in [-0.25, -0.2) is 4.98 Å². The van der Waals surface area contributed by atoms with Crippen molar-refractivity contribution in [2.24, 2.45) is 5.73 Å². The average molecular weight is 389 g/mol. The molecule has 142 valence electrons. The van der Waals surface area contributed by atoms with Gasteiger partial charge < -0.3 is 10.7 Å². The number of hydrogen-bond acceptors (Lipinski definition) is 4. The Labute approximate surface area is 169 Å². The normalized spacial score (nSPS) is 17.6. The summed E-state index contributed by atoms with van der Waals surface area (Å²) in [5, 5.41) is 0. The van der Waals surface area contributed by atoms with Gasteiger partial charge >= 0.3 is 0 Å². The molecule has 3 heterocycles. The predicted octanol–water partition coefficient (Wildman–Crippen LogP) is 4.80. The van der Waals surface area contributed by atoms with Crippen LogP contribution in [0.3, 0.4) is 0 Å². The Balaban J connectivity index is 1.41. The third-order valence-corrected chi connectivity index (χ3v) is 6.62. The highest BCUT2D eigenvalue weighted by atomic mass is 32.1. The number of hydrogen-bond donors (Lipinski definition) is 2. The van der Waals surface area contributed by atoms with Gasteiger partial charge in [0.1, 0.15) is 5.82 Å². The fraction of sp³-hybridized carbons (Fsp3) is 0.261. The zero-order valence-electron chi connectivity index (χ0n) is 16.0. The second-order valence-electron chi connectivity index (χ2n) is 7.70. The van der Waals surface area contributed by atoms with Crippen LogP contribution in [0.1, 0.15) is 17.5 Å². The number of fused-ring (bicyclic) bond motifs is 1. The van der Waals surface area contributed by atoms with Crippen LogP contribution in [-0.2, 0) is 6.54 Å². The number of aromatic nitrogens is 2. The van der Waals surface area contributed by atoms with Crippen LogP contribution in [0.2, 0.25) is 0 Å². The van der Waals surface area contributed by atoms with Crippen LogP contribution < -0.4 is 5.73 Å². The van der Waals surface area contributed by atoms with E-state index in [-0.39, 0.29) is 0 Å². The first-order chi connectivity index (χ1) is 13.7. The lowest BCUT2D eigenvalue weighted by Crippen LogP contribution is -2.26. The van der Waals surface area contributed by atoms with Gasteiger partial charge in [-0.15, -0.1) is 11.3 Å².